The van der Waals surface area contributed by atoms with Gasteiger partial charge in [0.2, 0.25) is 0 Å². The van der Waals surface area contributed by atoms with E-state index in [0.29, 0.717) is 6.54 Å². The molecule has 2 aromatic rings. The van der Waals surface area contributed by atoms with Crippen LogP contribution in [0.1, 0.15) is 5.76 Å². The monoisotopic (exact) mass is 255 g/mol. The fourth-order valence-electron chi connectivity index (χ4n) is 1.40. The normalized spacial score (nSPS) is 10.8. The van der Waals surface area contributed by atoms with E-state index in [0.717, 1.165) is 27.0 Å². The second kappa shape index (κ2) is 3.63. The number of furan rings is 1. The van der Waals surface area contributed by atoms with Gasteiger partial charge < -0.3 is 14.9 Å². The Labute approximate surface area is 90.0 Å². The van der Waals surface area contributed by atoms with Crippen LogP contribution in [0.15, 0.2) is 27.1 Å². The molecular weight excluding hydrogens is 246 g/mol. The minimum absolute atomic E-state index is 0.393. The molecule has 1 heterocycles. The maximum Gasteiger partial charge on any atom is 0.152 e. The number of rotatable bonds is 2. The number of benzene rings is 1. The quantitative estimate of drug-likeness (QED) is 0.898. The standard InChI is InChI=1S/C10H10BrNO2/c1-13-9-3-2-8(11)10-7(9)4-6(5-12)14-10/h2-4H,5,12H2,1H3. The molecule has 0 atom stereocenters. The predicted molar refractivity (Wildman–Crippen MR) is 58.4 cm³/mol. The van der Waals surface area contributed by atoms with Gasteiger partial charge in [-0.25, -0.2) is 0 Å². The molecule has 2 N–H and O–H groups in total. The van der Waals surface area contributed by atoms with Crippen molar-refractivity contribution in [2.75, 3.05) is 7.11 Å². The Hall–Kier alpha value is -1.00. The van der Waals surface area contributed by atoms with E-state index in [1.165, 1.54) is 0 Å². The summed E-state index contributed by atoms with van der Waals surface area (Å²) in [5, 5.41) is 0.947. The minimum Gasteiger partial charge on any atom is -0.496 e. The minimum atomic E-state index is 0.393. The van der Waals surface area contributed by atoms with Crippen LogP contribution in [0.5, 0.6) is 5.75 Å². The molecule has 0 saturated heterocycles. The van der Waals surface area contributed by atoms with Crippen LogP contribution < -0.4 is 10.5 Å². The van der Waals surface area contributed by atoms with Gasteiger partial charge in [-0.1, -0.05) is 0 Å². The number of ether oxygens (including phenoxy) is 1. The van der Waals surface area contributed by atoms with Crippen LogP contribution in [0.25, 0.3) is 11.0 Å². The van der Waals surface area contributed by atoms with Crippen molar-refractivity contribution in [3.05, 3.63) is 28.4 Å². The summed E-state index contributed by atoms with van der Waals surface area (Å²) in [6.45, 7) is 0.393. The Kier molecular flexibility index (Phi) is 2.48. The lowest BCUT2D eigenvalue weighted by molar-refractivity contribution is 0.419. The molecule has 14 heavy (non-hydrogen) atoms. The molecule has 0 aliphatic heterocycles. The molecule has 0 amide bonds. The van der Waals surface area contributed by atoms with Crippen molar-refractivity contribution >= 4 is 26.9 Å². The second-order valence-corrected chi connectivity index (χ2v) is 3.76. The predicted octanol–water partition coefficient (Wildman–Crippen LogP) is 2.66. The van der Waals surface area contributed by atoms with Gasteiger partial charge in [0.15, 0.2) is 5.58 Å². The first-order valence-corrected chi connectivity index (χ1v) is 5.00. The highest BCUT2D eigenvalue weighted by Gasteiger charge is 2.10. The number of hydrogen-bond acceptors (Lipinski definition) is 3. The molecule has 0 aliphatic rings. The summed E-state index contributed by atoms with van der Waals surface area (Å²) in [4.78, 5) is 0. The zero-order valence-corrected chi connectivity index (χ0v) is 9.30. The first-order chi connectivity index (χ1) is 6.76. The number of hydrogen-bond donors (Lipinski definition) is 1. The molecule has 0 spiro atoms. The van der Waals surface area contributed by atoms with Crippen molar-refractivity contribution in [2.45, 2.75) is 6.54 Å². The molecule has 3 nitrogen and oxygen atoms in total. The van der Waals surface area contributed by atoms with Crippen LogP contribution in [-0.2, 0) is 6.54 Å². The van der Waals surface area contributed by atoms with E-state index in [4.69, 9.17) is 14.9 Å². The third-order valence-electron chi connectivity index (χ3n) is 2.07. The number of nitrogens with two attached hydrogens (primary N) is 1. The maximum absolute atomic E-state index is 5.54. The molecule has 1 aromatic carbocycles. The van der Waals surface area contributed by atoms with E-state index >= 15 is 0 Å². The molecule has 0 saturated carbocycles. The smallest absolute Gasteiger partial charge is 0.152 e. The first-order valence-electron chi connectivity index (χ1n) is 4.21. The van der Waals surface area contributed by atoms with Crippen LogP contribution in [0.2, 0.25) is 0 Å². The van der Waals surface area contributed by atoms with E-state index in [1.807, 2.05) is 18.2 Å². The number of methoxy groups -OCH3 is 1. The van der Waals surface area contributed by atoms with Crippen LogP contribution in [0.4, 0.5) is 0 Å². The molecule has 74 valence electrons. The van der Waals surface area contributed by atoms with Gasteiger partial charge in [-0.15, -0.1) is 0 Å². The summed E-state index contributed by atoms with van der Waals surface area (Å²) >= 11 is 3.41. The lowest BCUT2D eigenvalue weighted by atomic mass is 10.2. The Balaban J connectivity index is 2.74. The summed E-state index contributed by atoms with van der Waals surface area (Å²) in [6, 6.07) is 5.69. The molecule has 0 unspecified atom stereocenters. The first kappa shape index (κ1) is 9.55. The third kappa shape index (κ3) is 1.40. The van der Waals surface area contributed by atoms with E-state index in [9.17, 15) is 0 Å². The van der Waals surface area contributed by atoms with Gasteiger partial charge in [-0.2, -0.15) is 0 Å². The van der Waals surface area contributed by atoms with E-state index < -0.39 is 0 Å². The molecule has 0 aliphatic carbocycles. The third-order valence-corrected chi connectivity index (χ3v) is 2.69. The molecule has 1 aromatic heterocycles. The molecule has 0 bridgehead atoms. The summed E-state index contributed by atoms with van der Waals surface area (Å²) in [5.41, 5.74) is 6.29. The zero-order valence-electron chi connectivity index (χ0n) is 7.71. The fraction of sp³-hybridized carbons (Fsp3) is 0.200. The van der Waals surface area contributed by atoms with Gasteiger partial charge >= 0.3 is 0 Å². The van der Waals surface area contributed by atoms with Gasteiger partial charge in [0.1, 0.15) is 11.5 Å². The summed E-state index contributed by atoms with van der Waals surface area (Å²) in [5.74, 6) is 1.55. The largest absolute Gasteiger partial charge is 0.496 e. The van der Waals surface area contributed by atoms with Gasteiger partial charge in [-0.3, -0.25) is 0 Å². The average molecular weight is 256 g/mol. The van der Waals surface area contributed by atoms with Crippen LogP contribution in [0.3, 0.4) is 0 Å². The van der Waals surface area contributed by atoms with Crippen molar-refractivity contribution in [1.29, 1.82) is 0 Å². The molecule has 0 radical (unpaired) electrons. The van der Waals surface area contributed by atoms with Crippen LogP contribution >= 0.6 is 15.9 Å². The van der Waals surface area contributed by atoms with E-state index in [-0.39, 0.29) is 0 Å². The highest BCUT2D eigenvalue weighted by molar-refractivity contribution is 9.10. The van der Waals surface area contributed by atoms with Crippen molar-refractivity contribution in [3.8, 4) is 5.75 Å². The highest BCUT2D eigenvalue weighted by Crippen LogP contribution is 2.33. The van der Waals surface area contributed by atoms with Gasteiger partial charge in [0.05, 0.1) is 23.5 Å². The summed E-state index contributed by atoms with van der Waals surface area (Å²) < 4.78 is 11.7. The Morgan fingerprint density at radius 3 is 2.93 bits per heavy atom. The number of fused-ring (bicyclic) bond motifs is 1. The zero-order chi connectivity index (χ0) is 10.1. The maximum atomic E-state index is 5.54. The fourth-order valence-corrected chi connectivity index (χ4v) is 1.82. The SMILES string of the molecule is COc1ccc(Br)c2oc(CN)cc12. The summed E-state index contributed by atoms with van der Waals surface area (Å²) in [7, 11) is 1.64. The van der Waals surface area contributed by atoms with E-state index in [2.05, 4.69) is 15.9 Å². The summed E-state index contributed by atoms with van der Waals surface area (Å²) in [6.07, 6.45) is 0. The Morgan fingerprint density at radius 2 is 2.29 bits per heavy atom. The van der Waals surface area contributed by atoms with Crippen molar-refractivity contribution in [1.82, 2.24) is 0 Å². The van der Waals surface area contributed by atoms with Crippen molar-refractivity contribution in [2.24, 2.45) is 5.73 Å². The average Bonchev–Trinajstić information content (AvgIpc) is 2.63. The molecule has 4 heteroatoms. The van der Waals surface area contributed by atoms with Gasteiger partial charge in [0.25, 0.3) is 0 Å². The number of halogens is 1. The van der Waals surface area contributed by atoms with E-state index in [1.54, 1.807) is 7.11 Å². The lowest BCUT2D eigenvalue weighted by Gasteiger charge is -2.00. The molecule has 0 fully saturated rings. The Morgan fingerprint density at radius 1 is 1.50 bits per heavy atom. The highest BCUT2D eigenvalue weighted by atomic mass is 79.9. The van der Waals surface area contributed by atoms with Crippen LogP contribution in [-0.4, -0.2) is 7.11 Å². The lowest BCUT2D eigenvalue weighted by Crippen LogP contribution is -1.92. The van der Waals surface area contributed by atoms with Crippen LogP contribution in [0, 0.1) is 0 Å². The topological polar surface area (TPSA) is 48.4 Å². The Bertz CT molecular complexity index is 464. The second-order valence-electron chi connectivity index (χ2n) is 2.91. The molecule has 2 rings (SSSR count). The van der Waals surface area contributed by atoms with Crippen molar-refractivity contribution in [3.63, 3.8) is 0 Å². The molecular formula is C10H10BrNO2. The van der Waals surface area contributed by atoms with Gasteiger partial charge in [0, 0.05) is 0 Å². The van der Waals surface area contributed by atoms with Crippen molar-refractivity contribution < 1.29 is 9.15 Å². The van der Waals surface area contributed by atoms with Gasteiger partial charge in [-0.05, 0) is 34.1 Å².